The zero-order valence-electron chi connectivity index (χ0n) is 17.8. The number of hydrogen-bond acceptors (Lipinski definition) is 2. The summed E-state index contributed by atoms with van der Waals surface area (Å²) in [5, 5.41) is 1.75. The Hall–Kier alpha value is -3.56. The highest BCUT2D eigenvalue weighted by Crippen LogP contribution is 2.41. The highest BCUT2D eigenvalue weighted by molar-refractivity contribution is 6.33. The van der Waals surface area contributed by atoms with E-state index in [9.17, 15) is 0 Å². The first kappa shape index (κ1) is 20.3. The summed E-state index contributed by atoms with van der Waals surface area (Å²) in [5.41, 5.74) is 5.28. The predicted octanol–water partition coefficient (Wildman–Crippen LogP) is 6.58. The van der Waals surface area contributed by atoms with Crippen molar-refractivity contribution in [1.82, 2.24) is 0 Å². The van der Waals surface area contributed by atoms with Crippen molar-refractivity contribution in [2.45, 2.75) is 13.2 Å². The van der Waals surface area contributed by atoms with Crippen molar-refractivity contribution >= 4 is 22.5 Å². The zero-order chi connectivity index (χ0) is 21.9. The largest absolute Gasteiger partial charge is 0.485 e. The molecule has 2 aliphatic rings. The van der Waals surface area contributed by atoms with Gasteiger partial charge in [0, 0.05) is 12.1 Å². The molecule has 0 spiro atoms. The van der Waals surface area contributed by atoms with Gasteiger partial charge in [-0.15, -0.1) is 0 Å². The second-order valence-corrected chi connectivity index (χ2v) is 8.16. The van der Waals surface area contributed by atoms with E-state index < -0.39 is 0 Å². The van der Waals surface area contributed by atoms with Crippen molar-refractivity contribution in [3.63, 3.8) is 0 Å². The van der Waals surface area contributed by atoms with Crippen LogP contribution in [0.5, 0.6) is 11.5 Å². The van der Waals surface area contributed by atoms with E-state index in [0.717, 1.165) is 33.3 Å². The molecule has 5 rings (SSSR count). The van der Waals surface area contributed by atoms with Crippen LogP contribution in [-0.4, -0.2) is 0 Å². The van der Waals surface area contributed by atoms with E-state index in [0.29, 0.717) is 29.7 Å². The zero-order valence-corrected chi connectivity index (χ0v) is 18.5. The molecule has 3 nitrogen and oxygen atoms in total. The van der Waals surface area contributed by atoms with Gasteiger partial charge in [-0.2, -0.15) is 4.57 Å². The minimum Gasteiger partial charge on any atom is -0.485 e. The van der Waals surface area contributed by atoms with Crippen LogP contribution < -0.4 is 14.0 Å². The van der Waals surface area contributed by atoms with Crippen LogP contribution in [0.15, 0.2) is 97.1 Å². The van der Waals surface area contributed by atoms with E-state index in [4.69, 9.17) is 21.1 Å². The molecule has 0 aromatic heterocycles. The standard InChI is InChI=1S/C28H23ClNO2/c1-30-25-15-9-8-14-22(25)23-16-26(31-18-20-10-4-2-5-11-20)27(17-24(29)28(23)30)32-19-21-12-6-3-7-13-21/h2-17H,18-19H2,1H3/q+1. The first-order valence-electron chi connectivity index (χ1n) is 10.6. The normalized spacial score (nSPS) is 11.1. The molecule has 0 saturated heterocycles. The Morgan fingerprint density at radius 3 is 1.84 bits per heavy atom. The Labute approximate surface area is 192 Å². The molecule has 32 heavy (non-hydrogen) atoms. The summed E-state index contributed by atoms with van der Waals surface area (Å²) in [7, 11) is 2.03. The molecule has 0 fully saturated rings. The van der Waals surface area contributed by atoms with Gasteiger partial charge in [0.2, 0.25) is 11.2 Å². The average molecular weight is 441 g/mol. The van der Waals surface area contributed by atoms with E-state index in [-0.39, 0.29) is 0 Å². The van der Waals surface area contributed by atoms with Crippen LogP contribution in [0, 0.1) is 0 Å². The third kappa shape index (κ3) is 4.00. The average Bonchev–Trinajstić information content (AvgIpc) is 3.03. The molecule has 0 bridgehead atoms. The fourth-order valence-electron chi connectivity index (χ4n) is 4.01. The van der Waals surface area contributed by atoms with Crippen LogP contribution in [0.3, 0.4) is 0 Å². The van der Waals surface area contributed by atoms with Gasteiger partial charge in [0.15, 0.2) is 11.5 Å². The highest BCUT2D eigenvalue weighted by atomic mass is 35.5. The lowest BCUT2D eigenvalue weighted by atomic mass is 10.1. The summed E-state index contributed by atoms with van der Waals surface area (Å²) in [6, 6.07) is 32.4. The summed E-state index contributed by atoms with van der Waals surface area (Å²) < 4.78 is 14.6. The molecule has 0 radical (unpaired) electrons. The van der Waals surface area contributed by atoms with Crippen LogP contribution in [0.25, 0.3) is 22.2 Å². The summed E-state index contributed by atoms with van der Waals surface area (Å²) >= 11 is 6.84. The van der Waals surface area contributed by atoms with Gasteiger partial charge in [-0.1, -0.05) is 84.4 Å². The number of ether oxygens (including phenoxy) is 2. The van der Waals surface area contributed by atoms with Crippen LogP contribution in [0.1, 0.15) is 11.1 Å². The Morgan fingerprint density at radius 2 is 1.22 bits per heavy atom. The summed E-state index contributed by atoms with van der Waals surface area (Å²) in [5.74, 6) is 1.29. The second kappa shape index (κ2) is 8.89. The molecule has 0 saturated carbocycles. The predicted molar refractivity (Wildman–Crippen MR) is 128 cm³/mol. The molecule has 158 valence electrons. The smallest absolute Gasteiger partial charge is 0.232 e. The number of aryl methyl sites for hydroxylation is 1. The highest BCUT2D eigenvalue weighted by Gasteiger charge is 2.27. The molecular weight excluding hydrogens is 418 g/mol. The van der Waals surface area contributed by atoms with E-state index in [1.54, 1.807) is 0 Å². The van der Waals surface area contributed by atoms with Crippen LogP contribution in [0.4, 0.5) is 0 Å². The number of benzene rings is 3. The van der Waals surface area contributed by atoms with Crippen molar-refractivity contribution in [3.05, 3.63) is 113 Å². The Kier molecular flexibility index (Phi) is 5.66. The van der Waals surface area contributed by atoms with Crippen LogP contribution >= 0.6 is 11.6 Å². The van der Waals surface area contributed by atoms with E-state index in [2.05, 4.69) is 16.7 Å². The summed E-state index contributed by atoms with van der Waals surface area (Å²) in [6.07, 6.45) is 0. The molecule has 1 aliphatic heterocycles. The lowest BCUT2D eigenvalue weighted by molar-refractivity contribution is -0.631. The number of nitrogens with zero attached hydrogens (tertiary/aromatic N) is 1. The molecule has 0 unspecified atom stereocenters. The maximum Gasteiger partial charge on any atom is 0.232 e. The van der Waals surface area contributed by atoms with Crippen molar-refractivity contribution < 1.29 is 14.0 Å². The lowest BCUT2D eigenvalue weighted by Crippen LogP contribution is -2.28. The van der Waals surface area contributed by atoms with E-state index in [1.165, 1.54) is 0 Å². The molecule has 3 aromatic rings. The van der Waals surface area contributed by atoms with Gasteiger partial charge in [0.05, 0.1) is 10.9 Å². The van der Waals surface area contributed by atoms with Crippen molar-refractivity contribution in [1.29, 1.82) is 0 Å². The minimum atomic E-state index is 0.431. The van der Waals surface area contributed by atoms with Gasteiger partial charge in [0.25, 0.3) is 0 Å². The topological polar surface area (TPSA) is 22.3 Å². The van der Waals surface area contributed by atoms with Gasteiger partial charge >= 0.3 is 0 Å². The van der Waals surface area contributed by atoms with Crippen LogP contribution in [0.2, 0.25) is 5.02 Å². The lowest BCUT2D eigenvalue weighted by Gasteiger charge is -2.11. The van der Waals surface area contributed by atoms with Crippen molar-refractivity contribution in [3.8, 4) is 22.8 Å². The minimum absolute atomic E-state index is 0.431. The molecule has 0 atom stereocenters. The van der Waals surface area contributed by atoms with Crippen LogP contribution in [-0.2, 0) is 20.3 Å². The molecule has 0 N–H and O–H groups in total. The summed E-state index contributed by atoms with van der Waals surface area (Å²) in [6.45, 7) is 0.871. The van der Waals surface area contributed by atoms with Gasteiger partial charge in [0.1, 0.15) is 25.3 Å². The van der Waals surface area contributed by atoms with Gasteiger partial charge < -0.3 is 9.47 Å². The molecule has 1 aliphatic carbocycles. The quantitative estimate of drug-likeness (QED) is 0.278. The Morgan fingerprint density at radius 1 is 0.688 bits per heavy atom. The SMILES string of the molecule is C[n+]1c2c(Cl)cc(OCc3ccccc3)c(OCc3ccccc3)cc-2c2ccccc21. The monoisotopic (exact) mass is 440 g/mol. The van der Waals surface area contributed by atoms with Crippen molar-refractivity contribution in [2.75, 3.05) is 0 Å². The summed E-state index contributed by atoms with van der Waals surface area (Å²) in [4.78, 5) is 0. The number of fused-ring (bicyclic) bond motifs is 3. The maximum atomic E-state index is 6.84. The number of halogens is 1. The van der Waals surface area contributed by atoms with Gasteiger partial charge in [-0.25, -0.2) is 0 Å². The number of rotatable bonds is 6. The maximum absolute atomic E-state index is 6.84. The fourth-order valence-corrected chi connectivity index (χ4v) is 4.34. The molecule has 0 amide bonds. The third-order valence-corrected chi connectivity index (χ3v) is 5.91. The Bertz CT molecular complexity index is 1340. The number of hydrogen-bond donors (Lipinski definition) is 0. The first-order chi connectivity index (χ1) is 15.7. The fraction of sp³-hybridized carbons (Fsp3) is 0.107. The van der Waals surface area contributed by atoms with Crippen molar-refractivity contribution in [2.24, 2.45) is 7.05 Å². The van der Waals surface area contributed by atoms with Gasteiger partial charge in [-0.05, 0) is 23.3 Å². The van der Waals surface area contributed by atoms with E-state index in [1.807, 2.05) is 92.0 Å². The number of aromatic nitrogens is 1. The molecule has 4 heteroatoms. The molecular formula is C28H23ClNO2+. The second-order valence-electron chi connectivity index (χ2n) is 7.75. The Balaban J connectivity index is 1.61. The molecule has 3 aromatic carbocycles. The number of para-hydroxylation sites is 1. The molecule has 1 heterocycles. The van der Waals surface area contributed by atoms with E-state index >= 15 is 0 Å². The first-order valence-corrected chi connectivity index (χ1v) is 11.0. The third-order valence-electron chi connectivity index (χ3n) is 5.62. The van der Waals surface area contributed by atoms with Gasteiger partial charge in [-0.3, -0.25) is 0 Å².